The number of benzene rings is 2. The van der Waals surface area contributed by atoms with E-state index in [0.29, 0.717) is 46.7 Å². The van der Waals surface area contributed by atoms with Crippen molar-refractivity contribution in [2.24, 2.45) is 0 Å². The summed E-state index contributed by atoms with van der Waals surface area (Å²) in [7, 11) is 1.49. The number of carbonyl (C=O) groups is 2. The fourth-order valence-corrected chi connectivity index (χ4v) is 4.08. The van der Waals surface area contributed by atoms with Gasteiger partial charge in [-0.25, -0.2) is 14.6 Å². The van der Waals surface area contributed by atoms with Gasteiger partial charge in [0.05, 0.1) is 23.9 Å². The molecule has 2 N–H and O–H groups in total. The molecular weight excluding hydrogens is 424 g/mol. The standard InChI is InChI=1S/C25H24N2O6/c1-3-27-12-16(10-15-8-9-20(21(11-15)32-2)33-14-22(28)29)24-18(13-27)23(25(30)31)17-6-4-5-7-19(17)26-24/h4-11H,3,12-14H2,1-2H3,(H,28,29)(H,30,31)/b16-10-. The van der Waals surface area contributed by atoms with Crippen molar-refractivity contribution in [2.75, 3.05) is 26.8 Å². The molecule has 8 nitrogen and oxygen atoms in total. The molecule has 0 bridgehead atoms. The van der Waals surface area contributed by atoms with Crippen molar-refractivity contribution in [2.45, 2.75) is 13.5 Å². The third-order valence-corrected chi connectivity index (χ3v) is 5.61. The van der Waals surface area contributed by atoms with Gasteiger partial charge >= 0.3 is 11.9 Å². The minimum Gasteiger partial charge on any atom is -0.493 e. The molecule has 2 aromatic carbocycles. The van der Waals surface area contributed by atoms with Gasteiger partial charge in [-0.1, -0.05) is 31.2 Å². The first-order valence-corrected chi connectivity index (χ1v) is 10.5. The number of methoxy groups -OCH3 is 1. The predicted octanol–water partition coefficient (Wildman–Crippen LogP) is 3.78. The highest BCUT2D eigenvalue weighted by Crippen LogP contribution is 2.35. The summed E-state index contributed by atoms with van der Waals surface area (Å²) in [4.78, 5) is 30.1. The van der Waals surface area contributed by atoms with Crippen LogP contribution in [-0.4, -0.2) is 58.8 Å². The summed E-state index contributed by atoms with van der Waals surface area (Å²) in [6, 6.07) is 12.5. The van der Waals surface area contributed by atoms with Crippen molar-refractivity contribution >= 4 is 34.5 Å². The molecule has 0 amide bonds. The molecule has 8 heteroatoms. The number of ether oxygens (including phenoxy) is 2. The number of para-hydroxylation sites is 1. The van der Waals surface area contributed by atoms with Gasteiger partial charge in [0.25, 0.3) is 0 Å². The fourth-order valence-electron chi connectivity index (χ4n) is 4.08. The number of aliphatic carboxylic acids is 1. The molecule has 0 aliphatic carbocycles. The smallest absolute Gasteiger partial charge is 0.341 e. The normalized spacial score (nSPS) is 14.8. The highest BCUT2D eigenvalue weighted by molar-refractivity contribution is 6.06. The third-order valence-electron chi connectivity index (χ3n) is 5.61. The molecular formula is C25H24N2O6. The number of hydrogen-bond acceptors (Lipinski definition) is 6. The Balaban J connectivity index is 1.84. The van der Waals surface area contributed by atoms with E-state index in [0.717, 1.165) is 17.7 Å². The lowest BCUT2D eigenvalue weighted by atomic mass is 9.92. The van der Waals surface area contributed by atoms with Gasteiger partial charge in [0.2, 0.25) is 0 Å². The average molecular weight is 448 g/mol. The molecule has 0 saturated heterocycles. The molecule has 0 saturated carbocycles. The molecule has 0 fully saturated rings. The van der Waals surface area contributed by atoms with Gasteiger partial charge in [0.15, 0.2) is 18.1 Å². The molecule has 0 atom stereocenters. The zero-order valence-electron chi connectivity index (χ0n) is 18.4. The fraction of sp³-hybridized carbons (Fsp3) is 0.240. The number of hydrogen-bond donors (Lipinski definition) is 2. The van der Waals surface area contributed by atoms with Crippen molar-refractivity contribution in [3.63, 3.8) is 0 Å². The maximum absolute atomic E-state index is 12.2. The second-order valence-corrected chi connectivity index (χ2v) is 7.70. The summed E-state index contributed by atoms with van der Waals surface area (Å²) in [5.74, 6) is -1.30. The van der Waals surface area contributed by atoms with E-state index in [1.54, 1.807) is 24.3 Å². The van der Waals surface area contributed by atoms with E-state index < -0.39 is 18.5 Å². The lowest BCUT2D eigenvalue weighted by Gasteiger charge is -2.30. The lowest BCUT2D eigenvalue weighted by Crippen LogP contribution is -2.31. The highest BCUT2D eigenvalue weighted by Gasteiger charge is 2.28. The van der Waals surface area contributed by atoms with Crippen LogP contribution in [0.2, 0.25) is 0 Å². The van der Waals surface area contributed by atoms with Gasteiger partial charge in [0, 0.05) is 24.0 Å². The molecule has 0 spiro atoms. The van der Waals surface area contributed by atoms with Crippen LogP contribution in [0.25, 0.3) is 22.6 Å². The third kappa shape index (κ3) is 4.51. The Morgan fingerprint density at radius 2 is 1.91 bits per heavy atom. The molecule has 0 unspecified atom stereocenters. The molecule has 0 radical (unpaired) electrons. The van der Waals surface area contributed by atoms with Crippen molar-refractivity contribution in [1.82, 2.24) is 9.88 Å². The summed E-state index contributed by atoms with van der Waals surface area (Å²) in [6.45, 7) is 3.45. The van der Waals surface area contributed by atoms with E-state index in [9.17, 15) is 14.7 Å². The van der Waals surface area contributed by atoms with Crippen LogP contribution < -0.4 is 9.47 Å². The Bertz CT molecular complexity index is 1270. The van der Waals surface area contributed by atoms with Crippen molar-refractivity contribution in [1.29, 1.82) is 0 Å². The number of carboxylic acid groups (broad SMARTS) is 2. The molecule has 33 heavy (non-hydrogen) atoms. The summed E-state index contributed by atoms with van der Waals surface area (Å²) in [5, 5.41) is 19.5. The highest BCUT2D eigenvalue weighted by atomic mass is 16.5. The molecule has 170 valence electrons. The first-order chi connectivity index (χ1) is 15.9. The van der Waals surface area contributed by atoms with E-state index in [1.807, 2.05) is 31.2 Å². The number of aromatic nitrogens is 1. The molecule has 1 aromatic heterocycles. The van der Waals surface area contributed by atoms with Gasteiger partial charge < -0.3 is 19.7 Å². The number of fused-ring (bicyclic) bond motifs is 2. The van der Waals surface area contributed by atoms with Crippen LogP contribution in [0.4, 0.5) is 0 Å². The summed E-state index contributed by atoms with van der Waals surface area (Å²) in [5.41, 5.74) is 4.01. The Kier molecular flexibility index (Phi) is 6.28. The van der Waals surface area contributed by atoms with Crippen LogP contribution in [0.3, 0.4) is 0 Å². The quantitative estimate of drug-likeness (QED) is 0.562. The zero-order chi connectivity index (χ0) is 23.5. The summed E-state index contributed by atoms with van der Waals surface area (Å²) in [6.07, 6.45) is 1.96. The molecule has 3 aromatic rings. The molecule has 2 heterocycles. The maximum Gasteiger partial charge on any atom is 0.341 e. The molecule has 1 aliphatic rings. The van der Waals surface area contributed by atoms with Gasteiger partial charge in [-0.05, 0) is 42.0 Å². The number of aromatic carboxylic acids is 1. The van der Waals surface area contributed by atoms with Crippen LogP contribution in [0.5, 0.6) is 11.5 Å². The first kappa shape index (κ1) is 22.3. The van der Waals surface area contributed by atoms with Crippen molar-refractivity contribution in [3.05, 3.63) is 64.8 Å². The lowest BCUT2D eigenvalue weighted by molar-refractivity contribution is -0.139. The maximum atomic E-state index is 12.2. The topological polar surface area (TPSA) is 109 Å². The van der Waals surface area contributed by atoms with Crippen LogP contribution in [0.1, 0.15) is 34.1 Å². The van der Waals surface area contributed by atoms with Gasteiger partial charge in [0.1, 0.15) is 0 Å². The van der Waals surface area contributed by atoms with Crippen LogP contribution in [0.15, 0.2) is 42.5 Å². The van der Waals surface area contributed by atoms with Crippen LogP contribution >= 0.6 is 0 Å². The number of likely N-dealkylation sites (N-methyl/N-ethyl adjacent to an activating group) is 1. The number of carboxylic acids is 2. The van der Waals surface area contributed by atoms with E-state index >= 15 is 0 Å². The van der Waals surface area contributed by atoms with Gasteiger partial charge in [-0.15, -0.1) is 0 Å². The summed E-state index contributed by atoms with van der Waals surface area (Å²) < 4.78 is 10.7. The van der Waals surface area contributed by atoms with Crippen molar-refractivity contribution in [3.8, 4) is 11.5 Å². The zero-order valence-corrected chi connectivity index (χ0v) is 18.4. The van der Waals surface area contributed by atoms with Crippen LogP contribution in [-0.2, 0) is 11.3 Å². The number of pyridine rings is 1. The minimum atomic E-state index is -1.07. The predicted molar refractivity (Wildman–Crippen MR) is 124 cm³/mol. The Morgan fingerprint density at radius 3 is 2.61 bits per heavy atom. The largest absolute Gasteiger partial charge is 0.493 e. The first-order valence-electron chi connectivity index (χ1n) is 10.5. The molecule has 1 aliphatic heterocycles. The van der Waals surface area contributed by atoms with Gasteiger partial charge in [-0.2, -0.15) is 0 Å². The SMILES string of the molecule is CCN1C/C(=C/c2ccc(OCC(=O)O)c(OC)c2)c2nc3ccccc3c(C(=O)O)c2C1. The van der Waals surface area contributed by atoms with E-state index in [4.69, 9.17) is 19.6 Å². The Morgan fingerprint density at radius 1 is 1.12 bits per heavy atom. The second-order valence-electron chi connectivity index (χ2n) is 7.70. The monoisotopic (exact) mass is 448 g/mol. The van der Waals surface area contributed by atoms with Gasteiger partial charge in [-0.3, -0.25) is 4.90 Å². The number of rotatable bonds is 7. The summed E-state index contributed by atoms with van der Waals surface area (Å²) >= 11 is 0. The minimum absolute atomic E-state index is 0.287. The molecule has 4 rings (SSSR count). The van der Waals surface area contributed by atoms with Crippen molar-refractivity contribution < 1.29 is 29.3 Å². The van der Waals surface area contributed by atoms with E-state index in [2.05, 4.69) is 4.90 Å². The van der Waals surface area contributed by atoms with E-state index in [-0.39, 0.29) is 5.56 Å². The van der Waals surface area contributed by atoms with Crippen LogP contribution in [0, 0.1) is 0 Å². The Hall–Kier alpha value is -3.91. The number of nitrogens with zero attached hydrogens (tertiary/aromatic N) is 2. The second kappa shape index (κ2) is 9.30. The van der Waals surface area contributed by atoms with E-state index in [1.165, 1.54) is 7.11 Å². The Labute approximate surface area is 190 Å². The average Bonchev–Trinajstić information content (AvgIpc) is 2.81.